The highest BCUT2D eigenvalue weighted by Crippen LogP contribution is 2.33. The SMILES string of the molecule is COC(=O)c1cc(F)c(-c2nc3cc(C)ccn3c2C[C@H]2CN(C(=O)OC)CCO2)c(F)c1F. The number of halogens is 3. The van der Waals surface area contributed by atoms with Gasteiger partial charge < -0.3 is 23.5 Å². The van der Waals surface area contributed by atoms with Crippen molar-refractivity contribution < 1.29 is 37.0 Å². The van der Waals surface area contributed by atoms with E-state index in [9.17, 15) is 14.0 Å². The number of ether oxygens (including phenoxy) is 3. The van der Waals surface area contributed by atoms with Gasteiger partial charge >= 0.3 is 12.1 Å². The summed E-state index contributed by atoms with van der Waals surface area (Å²) in [6.45, 7) is 2.60. The zero-order valence-electron chi connectivity index (χ0n) is 18.7. The monoisotopic (exact) mass is 477 g/mol. The first-order valence-corrected chi connectivity index (χ1v) is 10.4. The number of benzene rings is 1. The van der Waals surface area contributed by atoms with E-state index in [0.717, 1.165) is 12.7 Å². The summed E-state index contributed by atoms with van der Waals surface area (Å²) < 4.78 is 61.5. The highest BCUT2D eigenvalue weighted by molar-refractivity contribution is 5.90. The van der Waals surface area contributed by atoms with E-state index in [1.807, 2.05) is 6.92 Å². The molecular formula is C23H22F3N3O5. The second-order valence-electron chi connectivity index (χ2n) is 7.85. The fourth-order valence-corrected chi connectivity index (χ4v) is 4.02. The lowest BCUT2D eigenvalue weighted by atomic mass is 10.0. The van der Waals surface area contributed by atoms with E-state index in [-0.39, 0.29) is 25.3 Å². The Morgan fingerprint density at radius 3 is 2.65 bits per heavy atom. The number of rotatable bonds is 4. The molecule has 1 aliphatic heterocycles. The van der Waals surface area contributed by atoms with E-state index in [2.05, 4.69) is 9.72 Å². The van der Waals surface area contributed by atoms with Gasteiger partial charge in [0.1, 0.15) is 17.0 Å². The predicted octanol–water partition coefficient (Wildman–Crippen LogP) is 3.52. The molecule has 4 rings (SSSR count). The molecule has 0 N–H and O–H groups in total. The summed E-state index contributed by atoms with van der Waals surface area (Å²) in [5.74, 6) is -5.46. The molecule has 0 bridgehead atoms. The molecule has 0 unspecified atom stereocenters. The topological polar surface area (TPSA) is 82.4 Å². The fraction of sp³-hybridized carbons (Fsp3) is 0.348. The number of pyridine rings is 1. The van der Waals surface area contributed by atoms with Crippen LogP contribution < -0.4 is 0 Å². The molecule has 1 aliphatic rings. The van der Waals surface area contributed by atoms with Crippen LogP contribution in [0.1, 0.15) is 21.6 Å². The van der Waals surface area contributed by atoms with Crippen molar-refractivity contribution in [1.29, 1.82) is 0 Å². The van der Waals surface area contributed by atoms with Gasteiger partial charge in [0.05, 0.1) is 50.4 Å². The predicted molar refractivity (Wildman–Crippen MR) is 114 cm³/mol. The summed E-state index contributed by atoms with van der Waals surface area (Å²) in [6, 6.07) is 4.09. The van der Waals surface area contributed by atoms with Crippen molar-refractivity contribution in [2.45, 2.75) is 19.4 Å². The third-order valence-electron chi connectivity index (χ3n) is 5.67. The van der Waals surface area contributed by atoms with E-state index < -0.39 is 46.7 Å². The van der Waals surface area contributed by atoms with Gasteiger partial charge in [0.15, 0.2) is 11.6 Å². The zero-order chi connectivity index (χ0) is 24.6. The number of esters is 1. The largest absolute Gasteiger partial charge is 0.465 e. The summed E-state index contributed by atoms with van der Waals surface area (Å²) in [7, 11) is 2.26. The van der Waals surface area contributed by atoms with Crippen LogP contribution in [0.3, 0.4) is 0 Å². The van der Waals surface area contributed by atoms with Gasteiger partial charge in [-0.05, 0) is 30.7 Å². The molecule has 8 nitrogen and oxygen atoms in total. The Hall–Kier alpha value is -3.60. The highest BCUT2D eigenvalue weighted by atomic mass is 19.2. The van der Waals surface area contributed by atoms with Crippen molar-refractivity contribution in [3.05, 3.63) is 58.7 Å². The van der Waals surface area contributed by atoms with Crippen LogP contribution in [-0.4, -0.2) is 66.4 Å². The number of aromatic nitrogens is 2. The zero-order valence-corrected chi connectivity index (χ0v) is 18.7. The lowest BCUT2D eigenvalue weighted by Gasteiger charge is -2.32. The number of methoxy groups -OCH3 is 2. The Labute approximate surface area is 192 Å². The van der Waals surface area contributed by atoms with Crippen LogP contribution in [-0.2, 0) is 20.6 Å². The van der Waals surface area contributed by atoms with E-state index >= 15 is 8.78 Å². The molecule has 0 saturated carbocycles. The molecule has 1 amide bonds. The number of morpholine rings is 1. The molecule has 0 aliphatic carbocycles. The number of aryl methyl sites for hydroxylation is 1. The number of fused-ring (bicyclic) bond motifs is 1. The van der Waals surface area contributed by atoms with Crippen molar-refractivity contribution in [1.82, 2.24) is 14.3 Å². The molecular weight excluding hydrogens is 455 g/mol. The minimum Gasteiger partial charge on any atom is -0.465 e. The van der Waals surface area contributed by atoms with Crippen molar-refractivity contribution in [3.63, 3.8) is 0 Å². The molecule has 0 spiro atoms. The average molecular weight is 477 g/mol. The molecule has 1 fully saturated rings. The summed E-state index contributed by atoms with van der Waals surface area (Å²) >= 11 is 0. The maximum atomic E-state index is 15.1. The third kappa shape index (κ3) is 4.18. The van der Waals surface area contributed by atoms with Gasteiger partial charge in [-0.2, -0.15) is 0 Å². The number of carbonyl (C=O) groups is 2. The van der Waals surface area contributed by atoms with Gasteiger partial charge in [-0.3, -0.25) is 0 Å². The minimum atomic E-state index is -1.55. The number of imidazole rings is 1. The van der Waals surface area contributed by atoms with E-state index in [4.69, 9.17) is 9.47 Å². The van der Waals surface area contributed by atoms with Gasteiger partial charge in [0.2, 0.25) is 0 Å². The molecule has 2 aromatic heterocycles. The maximum Gasteiger partial charge on any atom is 0.409 e. The molecule has 1 saturated heterocycles. The molecule has 1 aromatic carbocycles. The van der Waals surface area contributed by atoms with Crippen molar-refractivity contribution in [3.8, 4) is 11.3 Å². The molecule has 0 radical (unpaired) electrons. The third-order valence-corrected chi connectivity index (χ3v) is 5.67. The number of nitrogens with zero attached hydrogens (tertiary/aromatic N) is 3. The molecule has 180 valence electrons. The van der Waals surface area contributed by atoms with Crippen molar-refractivity contribution >= 4 is 17.7 Å². The molecule has 11 heteroatoms. The van der Waals surface area contributed by atoms with Gasteiger partial charge in [-0.25, -0.2) is 27.7 Å². The Bertz CT molecular complexity index is 1280. The minimum absolute atomic E-state index is 0.117. The number of hydrogen-bond donors (Lipinski definition) is 0. The first-order chi connectivity index (χ1) is 16.2. The molecule has 3 aromatic rings. The quantitative estimate of drug-likeness (QED) is 0.423. The highest BCUT2D eigenvalue weighted by Gasteiger charge is 2.31. The Morgan fingerprint density at radius 2 is 1.94 bits per heavy atom. The van der Waals surface area contributed by atoms with Crippen LogP contribution >= 0.6 is 0 Å². The van der Waals surface area contributed by atoms with Gasteiger partial charge in [-0.1, -0.05) is 0 Å². The number of amides is 1. The number of carbonyl (C=O) groups excluding carboxylic acids is 2. The van der Waals surface area contributed by atoms with Crippen molar-refractivity contribution in [2.75, 3.05) is 33.9 Å². The Kier molecular flexibility index (Phi) is 6.47. The molecule has 1 atom stereocenters. The molecule has 34 heavy (non-hydrogen) atoms. The van der Waals surface area contributed by atoms with E-state index in [1.165, 1.54) is 12.0 Å². The lowest BCUT2D eigenvalue weighted by Crippen LogP contribution is -2.46. The van der Waals surface area contributed by atoms with E-state index in [0.29, 0.717) is 24.0 Å². The standard InChI is InChI=1S/C23H22F3N3O5/c1-12-4-5-29-16(9-13-11-28(6-7-34-13)23(31)33-3)21(27-17(29)8-12)18-15(24)10-14(22(30)32-2)19(25)20(18)26/h4-5,8,10,13H,6-7,9,11H2,1-3H3/t13-/m0/s1. The molecule has 3 heterocycles. The summed E-state index contributed by atoms with van der Waals surface area (Å²) in [4.78, 5) is 29.5. The second kappa shape index (κ2) is 9.34. The van der Waals surface area contributed by atoms with Crippen LogP contribution in [0.4, 0.5) is 18.0 Å². The fourth-order valence-electron chi connectivity index (χ4n) is 4.02. The summed E-state index contributed by atoms with van der Waals surface area (Å²) in [5, 5.41) is 0. The first kappa shape index (κ1) is 23.6. The van der Waals surface area contributed by atoms with Crippen LogP contribution in [0, 0.1) is 24.4 Å². The lowest BCUT2D eigenvalue weighted by molar-refractivity contribution is -0.0241. The van der Waals surface area contributed by atoms with Crippen LogP contribution in [0.15, 0.2) is 24.4 Å². The van der Waals surface area contributed by atoms with Gasteiger partial charge in [0.25, 0.3) is 0 Å². The first-order valence-electron chi connectivity index (χ1n) is 10.4. The van der Waals surface area contributed by atoms with Gasteiger partial charge in [-0.15, -0.1) is 0 Å². The normalized spacial score (nSPS) is 16.1. The van der Waals surface area contributed by atoms with E-state index in [1.54, 1.807) is 22.7 Å². The Morgan fingerprint density at radius 1 is 1.18 bits per heavy atom. The maximum absolute atomic E-state index is 15.1. The smallest absolute Gasteiger partial charge is 0.409 e. The Balaban J connectivity index is 1.83. The van der Waals surface area contributed by atoms with Crippen LogP contribution in [0.2, 0.25) is 0 Å². The second-order valence-corrected chi connectivity index (χ2v) is 7.85. The summed E-state index contributed by atoms with van der Waals surface area (Å²) in [5.41, 5.74) is -0.0882. The van der Waals surface area contributed by atoms with Crippen molar-refractivity contribution in [2.24, 2.45) is 0 Å². The average Bonchev–Trinajstić information content (AvgIpc) is 3.17. The summed E-state index contributed by atoms with van der Waals surface area (Å²) in [6.07, 6.45) is 0.761. The van der Waals surface area contributed by atoms with Crippen LogP contribution in [0.25, 0.3) is 16.9 Å². The van der Waals surface area contributed by atoms with Crippen LogP contribution in [0.5, 0.6) is 0 Å². The van der Waals surface area contributed by atoms with Gasteiger partial charge in [0, 0.05) is 19.2 Å². The number of hydrogen-bond acceptors (Lipinski definition) is 6.